The second-order valence-corrected chi connectivity index (χ2v) is 4.60. The van der Waals surface area contributed by atoms with E-state index in [1.807, 2.05) is 0 Å². The van der Waals surface area contributed by atoms with Crippen LogP contribution in [0.2, 0.25) is 0 Å². The Hall–Kier alpha value is -0.0800. The number of nitrogens with one attached hydrogen (secondary N) is 1. The molecule has 0 radical (unpaired) electrons. The molecule has 0 aliphatic carbocycles. The number of hydrogen-bond acceptors (Lipinski definition) is 2. The zero-order valence-corrected chi connectivity index (χ0v) is 10.1. The van der Waals surface area contributed by atoms with Gasteiger partial charge in [-0.25, -0.2) is 0 Å². The number of likely N-dealkylation sites (N-methyl/N-ethyl adjacent to an activating group) is 1. The number of nitrogens with zero attached hydrogens (tertiary/aromatic N) is 1. The maximum Gasteiger partial charge on any atom is 0.0220 e. The number of likely N-dealkylation sites (tertiary alicyclic amines) is 1. The van der Waals surface area contributed by atoms with Crippen LogP contribution in [-0.2, 0) is 0 Å². The molecule has 2 heteroatoms. The molecule has 2 unspecified atom stereocenters. The van der Waals surface area contributed by atoms with E-state index >= 15 is 0 Å². The van der Waals surface area contributed by atoms with Crippen LogP contribution in [-0.4, -0.2) is 37.1 Å². The van der Waals surface area contributed by atoms with Crippen molar-refractivity contribution in [3.63, 3.8) is 0 Å². The summed E-state index contributed by atoms with van der Waals surface area (Å²) in [5.41, 5.74) is 0. The smallest absolute Gasteiger partial charge is 0.0220 e. The highest BCUT2D eigenvalue weighted by Gasteiger charge is 2.22. The van der Waals surface area contributed by atoms with E-state index in [0.29, 0.717) is 0 Å². The van der Waals surface area contributed by atoms with Gasteiger partial charge in [-0.05, 0) is 38.4 Å². The molecule has 0 amide bonds. The Labute approximate surface area is 89.1 Å². The fraction of sp³-hybridized carbons (Fsp3) is 1.00. The van der Waals surface area contributed by atoms with Crippen LogP contribution in [0.15, 0.2) is 0 Å². The second-order valence-electron chi connectivity index (χ2n) is 4.60. The summed E-state index contributed by atoms with van der Waals surface area (Å²) in [5.74, 6) is 0.825. The van der Waals surface area contributed by atoms with Crippen molar-refractivity contribution in [3.8, 4) is 0 Å². The first-order chi connectivity index (χ1) is 6.77. The van der Waals surface area contributed by atoms with Crippen LogP contribution in [0.5, 0.6) is 0 Å². The van der Waals surface area contributed by atoms with Crippen LogP contribution < -0.4 is 5.32 Å². The Morgan fingerprint density at radius 2 is 2.21 bits per heavy atom. The first kappa shape index (κ1) is 12.0. The van der Waals surface area contributed by atoms with Gasteiger partial charge in [0.1, 0.15) is 0 Å². The molecule has 84 valence electrons. The van der Waals surface area contributed by atoms with E-state index < -0.39 is 0 Å². The van der Waals surface area contributed by atoms with Crippen LogP contribution >= 0.6 is 0 Å². The van der Waals surface area contributed by atoms with Crippen molar-refractivity contribution in [1.29, 1.82) is 0 Å². The summed E-state index contributed by atoms with van der Waals surface area (Å²) in [6.07, 6.45) is 4.07. The van der Waals surface area contributed by atoms with Gasteiger partial charge in [-0.3, -0.25) is 4.90 Å². The average molecular weight is 198 g/mol. The van der Waals surface area contributed by atoms with Crippen molar-refractivity contribution in [2.75, 3.05) is 26.2 Å². The molecule has 1 saturated heterocycles. The normalized spacial score (nSPS) is 25.5. The minimum absolute atomic E-state index is 0.809. The summed E-state index contributed by atoms with van der Waals surface area (Å²) in [6, 6.07) is 0.809. The molecule has 2 atom stereocenters. The third-order valence-corrected chi connectivity index (χ3v) is 3.47. The van der Waals surface area contributed by atoms with E-state index in [1.165, 1.54) is 45.4 Å². The zero-order valence-electron chi connectivity index (χ0n) is 10.1. The van der Waals surface area contributed by atoms with E-state index in [9.17, 15) is 0 Å². The van der Waals surface area contributed by atoms with Crippen molar-refractivity contribution in [2.45, 2.75) is 46.1 Å². The van der Waals surface area contributed by atoms with Gasteiger partial charge in [0.15, 0.2) is 0 Å². The van der Waals surface area contributed by atoms with Crippen LogP contribution in [0, 0.1) is 5.92 Å². The summed E-state index contributed by atoms with van der Waals surface area (Å²) in [5, 5.41) is 3.60. The highest BCUT2D eigenvalue weighted by atomic mass is 15.2. The van der Waals surface area contributed by atoms with Gasteiger partial charge in [-0.2, -0.15) is 0 Å². The van der Waals surface area contributed by atoms with Crippen LogP contribution in [0.25, 0.3) is 0 Å². The molecule has 1 aliphatic rings. The van der Waals surface area contributed by atoms with Crippen molar-refractivity contribution in [1.82, 2.24) is 10.2 Å². The molecule has 1 heterocycles. The van der Waals surface area contributed by atoms with Gasteiger partial charge < -0.3 is 5.32 Å². The molecular weight excluding hydrogens is 172 g/mol. The second kappa shape index (κ2) is 6.41. The van der Waals surface area contributed by atoms with Crippen molar-refractivity contribution in [3.05, 3.63) is 0 Å². The number of hydrogen-bond donors (Lipinski definition) is 1. The minimum atomic E-state index is 0.809. The van der Waals surface area contributed by atoms with Crippen LogP contribution in [0.1, 0.15) is 40.0 Å². The molecule has 0 aromatic heterocycles. The highest BCUT2D eigenvalue weighted by Crippen LogP contribution is 2.15. The molecule has 0 aromatic rings. The quantitative estimate of drug-likeness (QED) is 0.703. The zero-order chi connectivity index (χ0) is 10.4. The van der Waals surface area contributed by atoms with Crippen LogP contribution in [0.4, 0.5) is 0 Å². The molecule has 1 aliphatic heterocycles. The van der Waals surface area contributed by atoms with Gasteiger partial charge in [0.05, 0.1) is 0 Å². The SMILES string of the molecule is CCC(C)CNCC1CCCN1CC. The summed E-state index contributed by atoms with van der Waals surface area (Å²) >= 11 is 0. The molecule has 1 fully saturated rings. The van der Waals surface area contributed by atoms with Gasteiger partial charge in [0, 0.05) is 12.6 Å². The topological polar surface area (TPSA) is 15.3 Å². The Kier molecular flexibility index (Phi) is 5.49. The monoisotopic (exact) mass is 198 g/mol. The summed E-state index contributed by atoms with van der Waals surface area (Å²) in [6.45, 7) is 11.8. The van der Waals surface area contributed by atoms with Crippen molar-refractivity contribution < 1.29 is 0 Å². The predicted octanol–water partition coefficient (Wildman–Crippen LogP) is 2.11. The summed E-state index contributed by atoms with van der Waals surface area (Å²) in [4.78, 5) is 2.60. The Morgan fingerprint density at radius 1 is 1.43 bits per heavy atom. The summed E-state index contributed by atoms with van der Waals surface area (Å²) < 4.78 is 0. The molecular formula is C12H26N2. The van der Waals surface area contributed by atoms with Gasteiger partial charge in [0.25, 0.3) is 0 Å². The third-order valence-electron chi connectivity index (χ3n) is 3.47. The third kappa shape index (κ3) is 3.58. The average Bonchev–Trinajstić information content (AvgIpc) is 2.65. The fourth-order valence-corrected chi connectivity index (χ4v) is 2.18. The molecule has 0 bridgehead atoms. The molecule has 1 rings (SSSR count). The first-order valence-corrected chi connectivity index (χ1v) is 6.22. The molecule has 14 heavy (non-hydrogen) atoms. The van der Waals surface area contributed by atoms with Gasteiger partial charge in [-0.1, -0.05) is 27.2 Å². The lowest BCUT2D eigenvalue weighted by Crippen LogP contribution is -2.38. The van der Waals surface area contributed by atoms with E-state index in [1.54, 1.807) is 0 Å². The lowest BCUT2D eigenvalue weighted by Gasteiger charge is -2.23. The van der Waals surface area contributed by atoms with Gasteiger partial charge >= 0.3 is 0 Å². The standard InChI is InChI=1S/C12H26N2/c1-4-11(3)9-13-10-12-7-6-8-14(12)5-2/h11-13H,4-10H2,1-3H3. The lowest BCUT2D eigenvalue weighted by atomic mass is 10.1. The molecule has 0 aromatic carbocycles. The maximum absolute atomic E-state index is 3.60. The fourth-order valence-electron chi connectivity index (χ4n) is 2.18. The van der Waals surface area contributed by atoms with E-state index in [-0.39, 0.29) is 0 Å². The first-order valence-electron chi connectivity index (χ1n) is 6.22. The maximum atomic E-state index is 3.60. The molecule has 0 spiro atoms. The summed E-state index contributed by atoms with van der Waals surface area (Å²) in [7, 11) is 0. The minimum Gasteiger partial charge on any atom is -0.315 e. The van der Waals surface area contributed by atoms with Gasteiger partial charge in [0.2, 0.25) is 0 Å². The Balaban J connectivity index is 2.11. The largest absolute Gasteiger partial charge is 0.315 e. The molecule has 0 saturated carbocycles. The van der Waals surface area contributed by atoms with Crippen molar-refractivity contribution in [2.24, 2.45) is 5.92 Å². The Morgan fingerprint density at radius 3 is 2.86 bits per heavy atom. The van der Waals surface area contributed by atoms with E-state index in [4.69, 9.17) is 0 Å². The highest BCUT2D eigenvalue weighted by molar-refractivity contribution is 4.80. The predicted molar refractivity (Wildman–Crippen MR) is 62.6 cm³/mol. The van der Waals surface area contributed by atoms with Gasteiger partial charge in [-0.15, -0.1) is 0 Å². The van der Waals surface area contributed by atoms with Crippen LogP contribution in [0.3, 0.4) is 0 Å². The molecule has 2 nitrogen and oxygen atoms in total. The molecule has 1 N–H and O–H groups in total. The lowest BCUT2D eigenvalue weighted by molar-refractivity contribution is 0.257. The number of rotatable bonds is 6. The van der Waals surface area contributed by atoms with Crippen molar-refractivity contribution >= 4 is 0 Å². The van der Waals surface area contributed by atoms with E-state index in [2.05, 4.69) is 31.0 Å². The van der Waals surface area contributed by atoms with E-state index in [0.717, 1.165) is 12.0 Å². The Bertz CT molecular complexity index is 147.